The predicted molar refractivity (Wildman–Crippen MR) is 95.9 cm³/mol. The maximum absolute atomic E-state index is 13.0. The summed E-state index contributed by atoms with van der Waals surface area (Å²) in [4.78, 5) is 27.1. The van der Waals surface area contributed by atoms with Crippen LogP contribution in [0.25, 0.3) is 0 Å². The molecule has 3 heterocycles. The number of benzene rings is 1. The molecule has 140 valence electrons. The molecule has 1 spiro atoms. The van der Waals surface area contributed by atoms with Crippen LogP contribution in [0.15, 0.2) is 24.3 Å². The van der Waals surface area contributed by atoms with Crippen molar-refractivity contribution in [3.05, 3.63) is 29.8 Å². The molecule has 4 rings (SSSR count). The van der Waals surface area contributed by atoms with E-state index in [-0.39, 0.29) is 23.6 Å². The normalized spacial score (nSPS) is 27.2. The van der Waals surface area contributed by atoms with Crippen LogP contribution in [0.1, 0.15) is 57.1 Å². The van der Waals surface area contributed by atoms with Gasteiger partial charge in [0.15, 0.2) is 0 Å². The monoisotopic (exact) mass is 358 g/mol. The molecule has 1 aromatic rings. The van der Waals surface area contributed by atoms with Crippen molar-refractivity contribution in [2.24, 2.45) is 0 Å². The molecular weight excluding hydrogens is 332 g/mol. The van der Waals surface area contributed by atoms with Crippen LogP contribution in [0.5, 0.6) is 5.75 Å². The van der Waals surface area contributed by atoms with Crippen molar-refractivity contribution in [3.63, 3.8) is 0 Å². The molecule has 0 bridgehead atoms. The highest BCUT2D eigenvalue weighted by Crippen LogP contribution is 2.47. The SMILES string of the molecule is CCCCC1NC(=O)N(C2CC3(CCOCC3)Oc3ccccc32)C1=O. The van der Waals surface area contributed by atoms with Gasteiger partial charge < -0.3 is 14.8 Å². The standard InChI is InChI=1S/C20H26N2O4/c1-2-3-7-15-18(23)22(19(24)21-15)16-13-20(9-11-25-12-10-20)26-17-8-5-4-6-14(16)17/h4-6,8,15-16H,2-3,7,9-13H2,1H3,(H,21,24). The molecule has 0 radical (unpaired) electrons. The summed E-state index contributed by atoms with van der Waals surface area (Å²) in [5.74, 6) is 0.677. The highest BCUT2D eigenvalue weighted by Gasteiger charge is 2.49. The van der Waals surface area contributed by atoms with Gasteiger partial charge in [-0.2, -0.15) is 0 Å². The van der Waals surface area contributed by atoms with E-state index in [1.807, 2.05) is 24.3 Å². The topological polar surface area (TPSA) is 67.9 Å². The van der Waals surface area contributed by atoms with Gasteiger partial charge in [0.25, 0.3) is 5.91 Å². The number of fused-ring (bicyclic) bond motifs is 1. The quantitative estimate of drug-likeness (QED) is 0.840. The van der Waals surface area contributed by atoms with Gasteiger partial charge in [0.05, 0.1) is 19.3 Å². The van der Waals surface area contributed by atoms with Crippen molar-refractivity contribution in [1.82, 2.24) is 10.2 Å². The summed E-state index contributed by atoms with van der Waals surface area (Å²) in [6.07, 6.45) is 4.81. The molecule has 3 aliphatic rings. The van der Waals surface area contributed by atoms with Gasteiger partial charge in [-0.05, 0) is 12.5 Å². The summed E-state index contributed by atoms with van der Waals surface area (Å²) in [6.45, 7) is 3.38. The van der Waals surface area contributed by atoms with Crippen molar-refractivity contribution in [1.29, 1.82) is 0 Å². The van der Waals surface area contributed by atoms with E-state index in [9.17, 15) is 9.59 Å². The van der Waals surface area contributed by atoms with Crippen LogP contribution in [-0.4, -0.2) is 41.7 Å². The van der Waals surface area contributed by atoms with Crippen molar-refractivity contribution in [3.8, 4) is 5.75 Å². The summed E-state index contributed by atoms with van der Waals surface area (Å²) in [5, 5.41) is 2.88. The number of rotatable bonds is 4. The fourth-order valence-corrected chi connectivity index (χ4v) is 4.31. The number of para-hydroxylation sites is 1. The zero-order chi connectivity index (χ0) is 18.1. The van der Waals surface area contributed by atoms with Crippen LogP contribution >= 0.6 is 0 Å². The summed E-state index contributed by atoms with van der Waals surface area (Å²) >= 11 is 0. The van der Waals surface area contributed by atoms with E-state index in [4.69, 9.17) is 9.47 Å². The second-order valence-electron chi connectivity index (χ2n) is 7.51. The fraction of sp³-hybridized carbons (Fsp3) is 0.600. The second-order valence-corrected chi connectivity index (χ2v) is 7.51. The van der Waals surface area contributed by atoms with E-state index < -0.39 is 6.04 Å². The molecule has 2 unspecified atom stereocenters. The first kappa shape index (κ1) is 17.3. The number of imide groups is 1. The maximum Gasteiger partial charge on any atom is 0.325 e. The van der Waals surface area contributed by atoms with Crippen LogP contribution in [-0.2, 0) is 9.53 Å². The second kappa shape index (κ2) is 6.91. The Morgan fingerprint density at radius 1 is 1.23 bits per heavy atom. The fourth-order valence-electron chi connectivity index (χ4n) is 4.31. The average Bonchev–Trinajstić information content (AvgIpc) is 2.93. The predicted octanol–water partition coefficient (Wildman–Crippen LogP) is 3.17. The van der Waals surface area contributed by atoms with Gasteiger partial charge in [-0.3, -0.25) is 9.69 Å². The molecule has 0 aromatic heterocycles. The Morgan fingerprint density at radius 3 is 2.77 bits per heavy atom. The van der Waals surface area contributed by atoms with E-state index in [0.29, 0.717) is 26.1 Å². The number of carbonyl (C=O) groups excluding carboxylic acids is 2. The van der Waals surface area contributed by atoms with E-state index in [1.54, 1.807) is 0 Å². The molecule has 0 saturated carbocycles. The summed E-state index contributed by atoms with van der Waals surface area (Å²) in [6, 6.07) is 6.81. The first-order chi connectivity index (χ1) is 12.6. The summed E-state index contributed by atoms with van der Waals surface area (Å²) < 4.78 is 11.9. The molecule has 2 saturated heterocycles. The largest absolute Gasteiger partial charge is 0.487 e. The lowest BCUT2D eigenvalue weighted by atomic mass is 9.81. The number of urea groups is 1. The molecule has 2 fully saturated rings. The van der Waals surface area contributed by atoms with Crippen LogP contribution in [0.2, 0.25) is 0 Å². The minimum Gasteiger partial charge on any atom is -0.487 e. The zero-order valence-corrected chi connectivity index (χ0v) is 15.2. The van der Waals surface area contributed by atoms with Crippen molar-refractivity contribution in [2.45, 2.75) is 63.1 Å². The smallest absolute Gasteiger partial charge is 0.325 e. The number of hydrogen-bond donors (Lipinski definition) is 1. The molecule has 2 atom stereocenters. The van der Waals surface area contributed by atoms with Gasteiger partial charge in [-0.1, -0.05) is 38.0 Å². The number of hydrogen-bond acceptors (Lipinski definition) is 4. The van der Waals surface area contributed by atoms with E-state index in [2.05, 4.69) is 12.2 Å². The van der Waals surface area contributed by atoms with Gasteiger partial charge >= 0.3 is 6.03 Å². The van der Waals surface area contributed by atoms with Crippen LogP contribution in [0, 0.1) is 0 Å². The van der Waals surface area contributed by atoms with E-state index in [1.165, 1.54) is 4.90 Å². The van der Waals surface area contributed by atoms with E-state index in [0.717, 1.165) is 37.0 Å². The molecular formula is C20H26N2O4. The van der Waals surface area contributed by atoms with Crippen LogP contribution in [0.3, 0.4) is 0 Å². The van der Waals surface area contributed by atoms with Gasteiger partial charge in [0.2, 0.25) is 0 Å². The number of unbranched alkanes of at least 4 members (excludes halogenated alkanes) is 1. The Hall–Kier alpha value is -2.08. The molecule has 3 amide bonds. The third kappa shape index (κ3) is 2.96. The first-order valence-corrected chi connectivity index (χ1v) is 9.63. The van der Waals surface area contributed by atoms with Gasteiger partial charge in [-0.15, -0.1) is 0 Å². The molecule has 1 aromatic carbocycles. The summed E-state index contributed by atoms with van der Waals surface area (Å²) in [7, 11) is 0. The average molecular weight is 358 g/mol. The number of carbonyl (C=O) groups is 2. The lowest BCUT2D eigenvalue weighted by molar-refractivity contribution is -0.132. The lowest BCUT2D eigenvalue weighted by Crippen LogP contribution is -2.50. The Morgan fingerprint density at radius 2 is 2.00 bits per heavy atom. The van der Waals surface area contributed by atoms with Crippen molar-refractivity contribution >= 4 is 11.9 Å². The highest BCUT2D eigenvalue weighted by atomic mass is 16.5. The minimum absolute atomic E-state index is 0.104. The summed E-state index contributed by atoms with van der Waals surface area (Å²) in [5.41, 5.74) is 0.559. The molecule has 26 heavy (non-hydrogen) atoms. The third-order valence-corrected chi connectivity index (χ3v) is 5.78. The first-order valence-electron chi connectivity index (χ1n) is 9.63. The highest BCUT2D eigenvalue weighted by molar-refractivity contribution is 6.04. The van der Waals surface area contributed by atoms with Gasteiger partial charge in [0, 0.05) is 24.8 Å². The molecule has 0 aliphatic carbocycles. The Bertz CT molecular complexity index is 699. The molecule has 3 aliphatic heterocycles. The van der Waals surface area contributed by atoms with Crippen LogP contribution < -0.4 is 10.1 Å². The third-order valence-electron chi connectivity index (χ3n) is 5.78. The molecule has 6 nitrogen and oxygen atoms in total. The number of nitrogens with one attached hydrogen (secondary N) is 1. The van der Waals surface area contributed by atoms with Gasteiger partial charge in [0.1, 0.15) is 17.4 Å². The Labute approximate surface area is 153 Å². The van der Waals surface area contributed by atoms with Crippen molar-refractivity contribution in [2.75, 3.05) is 13.2 Å². The van der Waals surface area contributed by atoms with Gasteiger partial charge in [-0.25, -0.2) is 4.79 Å². The number of nitrogens with zero attached hydrogens (tertiary/aromatic N) is 1. The Balaban J connectivity index is 1.66. The minimum atomic E-state index is -0.400. The molecule has 1 N–H and O–H groups in total. The molecule has 6 heteroatoms. The number of amides is 3. The van der Waals surface area contributed by atoms with E-state index >= 15 is 0 Å². The maximum atomic E-state index is 13.0. The lowest BCUT2D eigenvalue weighted by Gasteiger charge is -2.45. The number of ether oxygens (including phenoxy) is 2. The van der Waals surface area contributed by atoms with Crippen LogP contribution in [0.4, 0.5) is 4.79 Å². The van der Waals surface area contributed by atoms with Crippen molar-refractivity contribution < 1.29 is 19.1 Å². The Kier molecular flexibility index (Phi) is 4.61. The zero-order valence-electron chi connectivity index (χ0n) is 15.2.